The first-order valence-corrected chi connectivity index (χ1v) is 20.7. The quantitative estimate of drug-likeness (QED) is 0.143. The molecule has 2 saturated carbocycles. The second kappa shape index (κ2) is 15.2. The van der Waals surface area contributed by atoms with Gasteiger partial charge in [0, 0.05) is 79.3 Å². The molecular weight excluding hydrogens is 753 g/mol. The second-order valence-electron chi connectivity index (χ2n) is 16.9. The molecule has 0 radical (unpaired) electrons. The van der Waals surface area contributed by atoms with E-state index in [9.17, 15) is 18.4 Å². The minimum atomic E-state index is -2.61. The van der Waals surface area contributed by atoms with Gasteiger partial charge in [-0.25, -0.2) is 23.2 Å². The number of aromatic nitrogens is 6. The molecule has 1 atom stereocenters. The molecule has 15 heteroatoms. The molecule has 6 heterocycles. The number of nitrogens with one attached hydrogen (secondary N) is 2. The van der Waals surface area contributed by atoms with Crippen molar-refractivity contribution < 1.29 is 22.9 Å². The predicted molar refractivity (Wildman–Crippen MR) is 218 cm³/mol. The van der Waals surface area contributed by atoms with Crippen LogP contribution in [-0.2, 0) is 29.3 Å². The van der Waals surface area contributed by atoms with Crippen LogP contribution in [0, 0.1) is 11.8 Å². The lowest BCUT2D eigenvalue weighted by molar-refractivity contribution is -0.678. The standard InChI is InChI=1S/C44H47F2N11O2/c1-52(35-20-22-53(26-35)24-29-8-12-31(13-9-29)36-4-2-6-38-47-42(50-56(36)38)48-40(58)33-16-17-33)28-55-39-7-3-5-37(57(39)51-43(55)49-41(59)34-18-19-34)32-14-10-30(11-15-32)25-54-23-21-44(45,46)27-54/h2-15,33-35H,16-28H2,1H3,(H-,48,49,50,51,58,59)/p+1. The number of carbonyl (C=O) groups is 2. The van der Waals surface area contributed by atoms with E-state index in [1.165, 1.54) is 5.56 Å². The Labute approximate surface area is 340 Å². The fourth-order valence-corrected chi connectivity index (χ4v) is 8.47. The highest BCUT2D eigenvalue weighted by molar-refractivity contribution is 5.93. The molecule has 6 aromatic rings. The van der Waals surface area contributed by atoms with E-state index in [4.69, 9.17) is 5.10 Å². The number of halogens is 2. The Balaban J connectivity index is 0.818. The van der Waals surface area contributed by atoms with Gasteiger partial charge in [0.25, 0.3) is 11.8 Å². The van der Waals surface area contributed by atoms with Gasteiger partial charge in [-0.05, 0) is 68.5 Å². The van der Waals surface area contributed by atoms with Crippen LogP contribution in [-0.4, -0.2) is 95.9 Å². The normalized spacial score (nSPS) is 19.6. The number of likely N-dealkylation sites (N-methyl/N-ethyl adjacent to an activating group) is 1. The molecule has 4 aromatic heterocycles. The summed E-state index contributed by atoms with van der Waals surface area (Å²) >= 11 is 0. The number of carbonyl (C=O) groups excluding carboxylic acids is 2. The van der Waals surface area contributed by atoms with Crippen molar-refractivity contribution >= 4 is 35.0 Å². The topological polar surface area (TPSA) is 119 Å². The largest absolute Gasteiger partial charge is 0.386 e. The van der Waals surface area contributed by atoms with Gasteiger partial charge in [-0.3, -0.25) is 29.6 Å². The fourth-order valence-electron chi connectivity index (χ4n) is 8.47. The Morgan fingerprint density at radius 3 is 2.03 bits per heavy atom. The maximum atomic E-state index is 13.8. The van der Waals surface area contributed by atoms with Crippen LogP contribution < -0.4 is 15.2 Å². The number of rotatable bonds is 13. The molecule has 4 fully saturated rings. The van der Waals surface area contributed by atoms with Crippen LogP contribution in [0.3, 0.4) is 0 Å². The molecule has 0 spiro atoms. The lowest BCUT2D eigenvalue weighted by Gasteiger charge is -2.24. The van der Waals surface area contributed by atoms with Crippen LogP contribution >= 0.6 is 0 Å². The molecule has 0 bridgehead atoms. The summed E-state index contributed by atoms with van der Waals surface area (Å²) in [6.45, 7) is 3.93. The van der Waals surface area contributed by atoms with E-state index in [1.54, 1.807) is 9.42 Å². The van der Waals surface area contributed by atoms with Crippen molar-refractivity contribution in [2.45, 2.75) is 70.2 Å². The Morgan fingerprint density at radius 1 is 0.763 bits per heavy atom. The summed E-state index contributed by atoms with van der Waals surface area (Å²) in [7, 11) is 2.14. The van der Waals surface area contributed by atoms with E-state index >= 15 is 0 Å². The molecule has 1 unspecified atom stereocenters. The molecule has 304 valence electrons. The Bertz CT molecular complexity index is 2530. The number of hydrogen-bond donors (Lipinski definition) is 2. The number of fused-ring (bicyclic) bond motifs is 2. The molecular formula is C44H48F2N11O2+. The Hall–Kier alpha value is -5.64. The third-order valence-corrected chi connectivity index (χ3v) is 12.2. The van der Waals surface area contributed by atoms with Gasteiger partial charge in [-0.15, -0.1) is 9.61 Å². The van der Waals surface area contributed by atoms with Crippen LogP contribution in [0.4, 0.5) is 20.7 Å². The molecule has 10 rings (SSSR count). The summed E-state index contributed by atoms with van der Waals surface area (Å²) in [5, 5.41) is 15.6. The molecule has 2 amide bonds. The Kier molecular flexibility index (Phi) is 9.68. The molecule has 4 aliphatic rings. The highest BCUT2D eigenvalue weighted by Crippen LogP contribution is 2.32. The third kappa shape index (κ3) is 8.06. The van der Waals surface area contributed by atoms with Gasteiger partial charge in [0.15, 0.2) is 5.65 Å². The average molecular weight is 801 g/mol. The number of nitrogens with zero attached hydrogens (tertiary/aromatic N) is 9. The molecule has 2 aliphatic heterocycles. The second-order valence-corrected chi connectivity index (χ2v) is 16.9. The fraction of sp³-hybridized carbons (Fsp3) is 0.409. The van der Waals surface area contributed by atoms with E-state index in [-0.39, 0.29) is 36.6 Å². The number of likely N-dealkylation sites (tertiary alicyclic amines) is 2. The number of hydrogen-bond acceptors (Lipinski definition) is 8. The number of alkyl halides is 2. The van der Waals surface area contributed by atoms with Crippen molar-refractivity contribution in [3.05, 3.63) is 96.1 Å². The molecule has 2 aliphatic carbocycles. The smallest absolute Gasteiger partial charge is 0.297 e. The first-order valence-electron chi connectivity index (χ1n) is 20.7. The van der Waals surface area contributed by atoms with Crippen molar-refractivity contribution in [1.29, 1.82) is 0 Å². The van der Waals surface area contributed by atoms with Crippen molar-refractivity contribution in [3.8, 4) is 22.5 Å². The van der Waals surface area contributed by atoms with Gasteiger partial charge < -0.3 is 0 Å². The maximum absolute atomic E-state index is 13.8. The van der Waals surface area contributed by atoms with Gasteiger partial charge in [0.05, 0.1) is 12.2 Å². The van der Waals surface area contributed by atoms with Gasteiger partial charge in [0.1, 0.15) is 12.4 Å². The van der Waals surface area contributed by atoms with E-state index < -0.39 is 5.92 Å². The summed E-state index contributed by atoms with van der Waals surface area (Å²) in [4.78, 5) is 36.5. The van der Waals surface area contributed by atoms with Crippen LogP contribution in [0.15, 0.2) is 84.9 Å². The zero-order valence-corrected chi connectivity index (χ0v) is 33.1. The Morgan fingerprint density at radius 2 is 1.39 bits per heavy atom. The summed E-state index contributed by atoms with van der Waals surface area (Å²) in [5.41, 5.74) is 7.51. The SMILES string of the molecule is CN(C[n+]1c(NC(=O)C2CC2)nn2c(-c3ccc(CN4CCC(F)(F)C4)cc3)cccc21)C1CCN(Cc2ccc(-c3cccc4nc(NC(=O)C5CC5)nn34)cc2)C1. The van der Waals surface area contributed by atoms with Gasteiger partial charge >= 0.3 is 5.95 Å². The first-order chi connectivity index (χ1) is 28.6. The minimum absolute atomic E-state index is 0.00125. The lowest BCUT2D eigenvalue weighted by Crippen LogP contribution is -2.48. The van der Waals surface area contributed by atoms with Gasteiger partial charge in [0.2, 0.25) is 17.5 Å². The van der Waals surface area contributed by atoms with Crippen molar-refractivity contribution in [1.82, 2.24) is 38.9 Å². The van der Waals surface area contributed by atoms with Crippen LogP contribution in [0.5, 0.6) is 0 Å². The number of amides is 2. The molecule has 2 N–H and O–H groups in total. The van der Waals surface area contributed by atoms with E-state index in [0.717, 1.165) is 85.5 Å². The summed E-state index contributed by atoms with van der Waals surface area (Å²) < 4.78 is 33.3. The van der Waals surface area contributed by atoms with Crippen molar-refractivity contribution in [2.24, 2.45) is 11.8 Å². The lowest BCUT2D eigenvalue weighted by atomic mass is 10.1. The maximum Gasteiger partial charge on any atom is 0.386 e. The number of anilines is 2. The summed E-state index contributed by atoms with van der Waals surface area (Å²) in [6, 6.07) is 28.8. The first kappa shape index (κ1) is 37.6. The van der Waals surface area contributed by atoms with Crippen LogP contribution in [0.25, 0.3) is 33.8 Å². The zero-order valence-electron chi connectivity index (χ0n) is 33.1. The van der Waals surface area contributed by atoms with Crippen molar-refractivity contribution in [2.75, 3.05) is 43.9 Å². The van der Waals surface area contributed by atoms with Gasteiger partial charge in [-0.1, -0.05) is 60.7 Å². The number of pyridine rings is 2. The van der Waals surface area contributed by atoms with E-state index in [1.807, 2.05) is 65.2 Å². The van der Waals surface area contributed by atoms with Crippen molar-refractivity contribution in [3.63, 3.8) is 0 Å². The monoisotopic (exact) mass is 800 g/mol. The van der Waals surface area contributed by atoms with E-state index in [0.29, 0.717) is 43.3 Å². The average Bonchev–Trinajstić information content (AvgIpc) is 4.12. The summed E-state index contributed by atoms with van der Waals surface area (Å²) in [5.74, 6) is -1.67. The highest BCUT2D eigenvalue weighted by atomic mass is 19.3. The molecule has 2 saturated heterocycles. The number of benzene rings is 2. The van der Waals surface area contributed by atoms with E-state index in [2.05, 4.69) is 66.4 Å². The van der Waals surface area contributed by atoms with Crippen LogP contribution in [0.2, 0.25) is 0 Å². The minimum Gasteiger partial charge on any atom is -0.297 e. The van der Waals surface area contributed by atoms with Gasteiger partial charge in [-0.2, -0.15) is 4.98 Å². The molecule has 13 nitrogen and oxygen atoms in total. The molecule has 59 heavy (non-hydrogen) atoms. The summed E-state index contributed by atoms with van der Waals surface area (Å²) in [6.07, 6.45) is 4.56. The third-order valence-electron chi connectivity index (χ3n) is 12.2. The van der Waals surface area contributed by atoms with Crippen LogP contribution in [0.1, 0.15) is 49.7 Å². The zero-order chi connectivity index (χ0) is 40.3. The molecule has 2 aromatic carbocycles. The highest BCUT2D eigenvalue weighted by Gasteiger charge is 2.38. The predicted octanol–water partition coefficient (Wildman–Crippen LogP) is 5.70.